The summed E-state index contributed by atoms with van der Waals surface area (Å²) >= 11 is 0. The van der Waals surface area contributed by atoms with Gasteiger partial charge in [0.1, 0.15) is 6.04 Å². The molecule has 1 saturated carbocycles. The molecule has 1 aliphatic rings. The molecule has 2 amide bonds. The number of nitrogens with one attached hydrogen (secondary N) is 1. The van der Waals surface area contributed by atoms with Gasteiger partial charge in [-0.2, -0.15) is 0 Å². The summed E-state index contributed by atoms with van der Waals surface area (Å²) < 4.78 is 4.98. The zero-order valence-electron chi connectivity index (χ0n) is 11.7. The Balaban J connectivity index is 2.49. The monoisotopic (exact) mass is 272 g/mol. The van der Waals surface area contributed by atoms with E-state index >= 15 is 0 Å². The van der Waals surface area contributed by atoms with E-state index in [9.17, 15) is 9.59 Å². The highest BCUT2D eigenvalue weighted by atomic mass is 16.5. The third-order valence-corrected chi connectivity index (χ3v) is 3.23. The molecular weight excluding hydrogens is 248 g/mol. The van der Waals surface area contributed by atoms with Gasteiger partial charge in [0.25, 0.3) is 0 Å². The van der Waals surface area contributed by atoms with Crippen LogP contribution >= 0.6 is 0 Å². The lowest BCUT2D eigenvalue weighted by molar-refractivity contribution is -0.139. The topological polar surface area (TPSA) is 78.9 Å². The molecule has 6 heteroatoms. The predicted octanol–water partition coefficient (Wildman–Crippen LogP) is 1.45. The Morgan fingerprint density at radius 3 is 2.63 bits per heavy atom. The maximum absolute atomic E-state index is 12.1. The van der Waals surface area contributed by atoms with Gasteiger partial charge in [0.2, 0.25) is 0 Å². The number of unbranched alkanes of at least 4 members (excludes halogenated alkanes) is 1. The Hall–Kier alpha value is -1.30. The highest BCUT2D eigenvalue weighted by Gasteiger charge is 2.33. The summed E-state index contributed by atoms with van der Waals surface area (Å²) in [6.45, 7) is 2.97. The van der Waals surface area contributed by atoms with Crippen LogP contribution in [0, 0.1) is 0 Å². The zero-order chi connectivity index (χ0) is 14.3. The molecule has 110 valence electrons. The first-order chi connectivity index (χ1) is 9.10. The number of methoxy groups -OCH3 is 1. The number of carboxylic acid groups (broad SMARTS) is 1. The van der Waals surface area contributed by atoms with Gasteiger partial charge in [-0.1, -0.05) is 19.8 Å². The number of ether oxygens (including phenoxy) is 1. The van der Waals surface area contributed by atoms with Crippen LogP contribution in [0.2, 0.25) is 0 Å². The van der Waals surface area contributed by atoms with Gasteiger partial charge in [-0.25, -0.2) is 9.59 Å². The molecular formula is C13H24N2O4. The van der Waals surface area contributed by atoms with E-state index in [1.165, 1.54) is 0 Å². The molecule has 0 bridgehead atoms. The van der Waals surface area contributed by atoms with Gasteiger partial charge in [-0.05, 0) is 19.3 Å². The normalized spacial score (nSPS) is 15.9. The molecule has 0 aliphatic heterocycles. The number of carbonyl (C=O) groups excluding carboxylic acids is 1. The van der Waals surface area contributed by atoms with Gasteiger partial charge < -0.3 is 20.1 Å². The third-order valence-electron chi connectivity index (χ3n) is 3.23. The number of amides is 2. The van der Waals surface area contributed by atoms with Crippen LogP contribution in [0.4, 0.5) is 4.79 Å². The van der Waals surface area contributed by atoms with Crippen molar-refractivity contribution in [1.82, 2.24) is 10.2 Å². The van der Waals surface area contributed by atoms with Crippen LogP contribution in [0.3, 0.4) is 0 Å². The van der Waals surface area contributed by atoms with E-state index in [0.29, 0.717) is 19.6 Å². The summed E-state index contributed by atoms with van der Waals surface area (Å²) in [6.07, 6.45) is 4.16. The fraction of sp³-hybridized carbons (Fsp3) is 0.846. The molecule has 0 radical (unpaired) electrons. The van der Waals surface area contributed by atoms with E-state index in [1.54, 1.807) is 12.0 Å². The number of aliphatic carboxylic acids is 1. The van der Waals surface area contributed by atoms with Gasteiger partial charge in [-0.15, -0.1) is 0 Å². The van der Waals surface area contributed by atoms with Crippen molar-refractivity contribution in [2.45, 2.75) is 51.1 Å². The van der Waals surface area contributed by atoms with Crippen molar-refractivity contribution in [2.75, 3.05) is 20.3 Å². The van der Waals surface area contributed by atoms with Crippen molar-refractivity contribution < 1.29 is 19.4 Å². The van der Waals surface area contributed by atoms with Crippen LogP contribution in [-0.2, 0) is 9.53 Å². The van der Waals surface area contributed by atoms with Gasteiger partial charge in [-0.3, -0.25) is 0 Å². The molecule has 0 unspecified atom stereocenters. The van der Waals surface area contributed by atoms with Gasteiger partial charge >= 0.3 is 12.0 Å². The molecule has 0 aromatic heterocycles. The highest BCUT2D eigenvalue weighted by molar-refractivity contribution is 5.82. The Bertz CT molecular complexity index is 305. The van der Waals surface area contributed by atoms with Gasteiger partial charge in [0, 0.05) is 19.7 Å². The minimum atomic E-state index is -0.968. The summed E-state index contributed by atoms with van der Waals surface area (Å²) in [7, 11) is 1.59. The fourth-order valence-corrected chi connectivity index (χ4v) is 1.92. The smallest absolute Gasteiger partial charge is 0.326 e. The average molecular weight is 272 g/mol. The molecule has 1 atom stereocenters. The summed E-state index contributed by atoms with van der Waals surface area (Å²) in [5.41, 5.74) is 0. The number of carbonyl (C=O) groups is 2. The van der Waals surface area contributed by atoms with E-state index in [1.807, 2.05) is 6.92 Å². The van der Waals surface area contributed by atoms with Crippen molar-refractivity contribution in [3.63, 3.8) is 0 Å². The number of rotatable bonds is 9. The molecule has 1 rings (SSSR count). The van der Waals surface area contributed by atoms with Crippen LogP contribution in [0.15, 0.2) is 0 Å². The van der Waals surface area contributed by atoms with Crippen molar-refractivity contribution in [3.05, 3.63) is 0 Å². The average Bonchev–Trinajstić information content (AvgIpc) is 3.19. The summed E-state index contributed by atoms with van der Waals surface area (Å²) in [5, 5.41) is 11.7. The van der Waals surface area contributed by atoms with Crippen molar-refractivity contribution in [3.8, 4) is 0 Å². The lowest BCUT2D eigenvalue weighted by Gasteiger charge is -2.24. The Morgan fingerprint density at radius 2 is 2.16 bits per heavy atom. The number of carboxylic acids is 1. The lowest BCUT2D eigenvalue weighted by atomic mass is 10.1. The van der Waals surface area contributed by atoms with Crippen LogP contribution < -0.4 is 5.32 Å². The number of nitrogens with zero attached hydrogens (tertiary/aromatic N) is 1. The molecule has 19 heavy (non-hydrogen) atoms. The summed E-state index contributed by atoms with van der Waals surface area (Å²) in [4.78, 5) is 24.9. The predicted molar refractivity (Wildman–Crippen MR) is 71.1 cm³/mol. The van der Waals surface area contributed by atoms with Crippen LogP contribution in [0.1, 0.15) is 39.0 Å². The molecule has 0 saturated heterocycles. The zero-order valence-corrected chi connectivity index (χ0v) is 11.7. The second kappa shape index (κ2) is 7.99. The maximum Gasteiger partial charge on any atom is 0.326 e. The standard InChI is InChI=1S/C13H24N2O4/c1-3-4-5-11(12(16)17)14-13(18)15(8-9-19-2)10-6-7-10/h10-11H,3-9H2,1-2H3,(H,14,18)(H,16,17)/t11-/m0/s1. The Kier molecular flexibility index (Phi) is 6.62. The molecule has 0 aromatic carbocycles. The molecule has 1 aliphatic carbocycles. The first-order valence-electron chi connectivity index (χ1n) is 6.89. The van der Waals surface area contributed by atoms with E-state index in [-0.39, 0.29) is 12.1 Å². The molecule has 0 heterocycles. The van der Waals surface area contributed by atoms with Crippen molar-refractivity contribution >= 4 is 12.0 Å². The van der Waals surface area contributed by atoms with Crippen LogP contribution in [0.5, 0.6) is 0 Å². The van der Waals surface area contributed by atoms with E-state index < -0.39 is 12.0 Å². The van der Waals surface area contributed by atoms with E-state index in [0.717, 1.165) is 25.7 Å². The lowest BCUT2D eigenvalue weighted by Crippen LogP contribution is -2.49. The first-order valence-corrected chi connectivity index (χ1v) is 6.89. The summed E-state index contributed by atoms with van der Waals surface area (Å²) in [5.74, 6) is -0.968. The SMILES string of the molecule is CCCC[C@H](NC(=O)N(CCOC)C1CC1)C(=O)O. The Labute approximate surface area is 114 Å². The second-order valence-electron chi connectivity index (χ2n) is 4.90. The Morgan fingerprint density at radius 1 is 1.47 bits per heavy atom. The first kappa shape index (κ1) is 15.8. The van der Waals surface area contributed by atoms with Crippen LogP contribution in [0.25, 0.3) is 0 Å². The largest absolute Gasteiger partial charge is 0.480 e. The maximum atomic E-state index is 12.1. The molecule has 0 spiro atoms. The second-order valence-corrected chi connectivity index (χ2v) is 4.90. The number of urea groups is 1. The molecule has 1 fully saturated rings. The van der Waals surface area contributed by atoms with E-state index in [2.05, 4.69) is 5.32 Å². The third kappa shape index (κ3) is 5.46. The highest BCUT2D eigenvalue weighted by Crippen LogP contribution is 2.26. The van der Waals surface area contributed by atoms with Crippen LogP contribution in [-0.4, -0.2) is 54.4 Å². The quantitative estimate of drug-likeness (QED) is 0.666. The molecule has 2 N–H and O–H groups in total. The minimum absolute atomic E-state index is 0.246. The summed E-state index contributed by atoms with van der Waals surface area (Å²) in [6, 6.07) is -0.838. The number of hydrogen-bond donors (Lipinski definition) is 2. The van der Waals surface area contributed by atoms with Crippen molar-refractivity contribution in [2.24, 2.45) is 0 Å². The van der Waals surface area contributed by atoms with Gasteiger partial charge in [0.15, 0.2) is 0 Å². The van der Waals surface area contributed by atoms with E-state index in [4.69, 9.17) is 9.84 Å². The van der Waals surface area contributed by atoms with Gasteiger partial charge in [0.05, 0.1) is 6.61 Å². The molecule has 0 aromatic rings. The minimum Gasteiger partial charge on any atom is -0.480 e. The molecule has 6 nitrogen and oxygen atoms in total. The fourth-order valence-electron chi connectivity index (χ4n) is 1.92. The van der Waals surface area contributed by atoms with Crippen molar-refractivity contribution in [1.29, 1.82) is 0 Å². The number of hydrogen-bond acceptors (Lipinski definition) is 3.